The molecule has 190 valence electrons. The number of methoxy groups -OCH3 is 3. The minimum absolute atomic E-state index is 0.0859. The van der Waals surface area contributed by atoms with E-state index in [9.17, 15) is 18.0 Å². The minimum Gasteiger partial charge on any atom is -0.493 e. The maximum Gasteiger partial charge on any atom is 0.338 e. The average molecular weight is 507 g/mol. The second-order valence-corrected chi connectivity index (χ2v) is 9.68. The molecule has 0 aliphatic carbocycles. The predicted molar refractivity (Wildman–Crippen MR) is 128 cm³/mol. The van der Waals surface area contributed by atoms with E-state index < -0.39 is 16.0 Å². The molecule has 0 radical (unpaired) electrons. The van der Waals surface area contributed by atoms with Gasteiger partial charge >= 0.3 is 5.97 Å². The molecule has 1 saturated heterocycles. The molecular formula is C24H30N2O8S. The van der Waals surface area contributed by atoms with Crippen molar-refractivity contribution in [2.45, 2.75) is 18.2 Å². The highest BCUT2D eigenvalue weighted by Crippen LogP contribution is 2.38. The third-order valence-electron chi connectivity index (χ3n) is 5.67. The Bertz CT molecular complexity index is 1130. The molecule has 1 aliphatic rings. The van der Waals surface area contributed by atoms with E-state index in [1.807, 2.05) is 0 Å². The number of hydrogen-bond acceptors (Lipinski definition) is 8. The van der Waals surface area contributed by atoms with Crippen LogP contribution in [0.4, 0.5) is 0 Å². The monoisotopic (exact) mass is 506 g/mol. The molecule has 2 aromatic carbocycles. The summed E-state index contributed by atoms with van der Waals surface area (Å²) in [4.78, 5) is 26.4. The van der Waals surface area contributed by atoms with Crippen LogP contribution in [-0.2, 0) is 26.0 Å². The smallest absolute Gasteiger partial charge is 0.338 e. The van der Waals surface area contributed by atoms with Gasteiger partial charge in [0.15, 0.2) is 11.5 Å². The highest BCUT2D eigenvalue weighted by Gasteiger charge is 2.30. The lowest BCUT2D eigenvalue weighted by Crippen LogP contribution is -2.50. The first-order chi connectivity index (χ1) is 16.7. The maximum atomic E-state index is 13.0. The van der Waals surface area contributed by atoms with Crippen LogP contribution in [0.25, 0.3) is 0 Å². The van der Waals surface area contributed by atoms with Crippen LogP contribution in [0, 0.1) is 0 Å². The zero-order chi connectivity index (χ0) is 25.6. The molecule has 11 heteroatoms. The summed E-state index contributed by atoms with van der Waals surface area (Å²) in [5.74, 6) is 0.727. The molecular weight excluding hydrogens is 476 g/mol. The topological polar surface area (TPSA) is 112 Å². The van der Waals surface area contributed by atoms with E-state index in [0.717, 1.165) is 0 Å². The summed E-state index contributed by atoms with van der Waals surface area (Å²) in [7, 11) is 0.767. The van der Waals surface area contributed by atoms with Gasteiger partial charge in [0.1, 0.15) is 0 Å². The van der Waals surface area contributed by atoms with Crippen LogP contribution in [0.3, 0.4) is 0 Å². The minimum atomic E-state index is -3.75. The Labute approximate surface area is 205 Å². The summed E-state index contributed by atoms with van der Waals surface area (Å²) in [6, 6.07) is 9.09. The zero-order valence-electron chi connectivity index (χ0n) is 20.3. The molecule has 0 atom stereocenters. The van der Waals surface area contributed by atoms with Crippen LogP contribution in [-0.4, -0.2) is 83.6 Å². The summed E-state index contributed by atoms with van der Waals surface area (Å²) < 4.78 is 48.3. The molecule has 1 heterocycles. The first-order valence-electron chi connectivity index (χ1n) is 11.1. The summed E-state index contributed by atoms with van der Waals surface area (Å²) >= 11 is 0. The van der Waals surface area contributed by atoms with Gasteiger partial charge in [-0.25, -0.2) is 13.2 Å². The summed E-state index contributed by atoms with van der Waals surface area (Å²) in [6.07, 6.45) is 0.110. The molecule has 0 bridgehead atoms. The van der Waals surface area contributed by atoms with Crippen molar-refractivity contribution in [3.8, 4) is 17.2 Å². The predicted octanol–water partition coefficient (Wildman–Crippen LogP) is 1.96. The van der Waals surface area contributed by atoms with E-state index in [1.165, 1.54) is 49.9 Å². The molecule has 10 nitrogen and oxygen atoms in total. The fourth-order valence-electron chi connectivity index (χ4n) is 3.83. The number of benzene rings is 2. The van der Waals surface area contributed by atoms with Crippen LogP contribution in [0.2, 0.25) is 0 Å². The Balaban J connectivity index is 1.64. The number of sulfonamides is 1. The van der Waals surface area contributed by atoms with Gasteiger partial charge in [-0.3, -0.25) is 4.79 Å². The Morgan fingerprint density at radius 1 is 0.886 bits per heavy atom. The van der Waals surface area contributed by atoms with E-state index in [2.05, 4.69) is 0 Å². The molecule has 2 aromatic rings. The summed E-state index contributed by atoms with van der Waals surface area (Å²) in [5.41, 5.74) is 0.981. The lowest BCUT2D eigenvalue weighted by molar-refractivity contribution is -0.131. The zero-order valence-corrected chi connectivity index (χ0v) is 21.1. The third-order valence-corrected chi connectivity index (χ3v) is 7.59. The molecule has 0 unspecified atom stereocenters. The average Bonchev–Trinajstić information content (AvgIpc) is 2.88. The lowest BCUT2D eigenvalue weighted by atomic mass is 10.1. The Morgan fingerprint density at radius 2 is 1.46 bits per heavy atom. The van der Waals surface area contributed by atoms with Crippen molar-refractivity contribution in [2.24, 2.45) is 0 Å². The summed E-state index contributed by atoms with van der Waals surface area (Å²) in [6.45, 7) is 2.81. The number of nitrogens with zero attached hydrogens (tertiary/aromatic N) is 2. The molecule has 0 N–H and O–H groups in total. The van der Waals surface area contributed by atoms with Gasteiger partial charge in [-0.15, -0.1) is 0 Å². The maximum absolute atomic E-state index is 13.0. The van der Waals surface area contributed by atoms with E-state index in [-0.39, 0.29) is 55.6 Å². The number of rotatable bonds is 9. The number of carbonyl (C=O) groups excluding carboxylic acids is 2. The van der Waals surface area contributed by atoms with Gasteiger partial charge in [-0.05, 0) is 48.9 Å². The third kappa shape index (κ3) is 5.85. The van der Waals surface area contributed by atoms with Crippen molar-refractivity contribution in [3.05, 3.63) is 47.5 Å². The van der Waals surface area contributed by atoms with Crippen molar-refractivity contribution in [1.82, 2.24) is 9.21 Å². The van der Waals surface area contributed by atoms with Crippen LogP contribution in [0.1, 0.15) is 22.8 Å². The number of hydrogen-bond donors (Lipinski definition) is 0. The lowest BCUT2D eigenvalue weighted by Gasteiger charge is -2.34. The van der Waals surface area contributed by atoms with Gasteiger partial charge in [0, 0.05) is 26.2 Å². The van der Waals surface area contributed by atoms with Gasteiger partial charge in [0.05, 0.1) is 44.8 Å². The van der Waals surface area contributed by atoms with E-state index in [1.54, 1.807) is 24.0 Å². The SMILES string of the molecule is CCOC(=O)c1ccc(S(=O)(=O)N2CCN(C(=O)Cc3cc(OC)c(OC)c(OC)c3)CC2)cc1. The Hall–Kier alpha value is -3.31. The number of piperazine rings is 1. The van der Waals surface area contributed by atoms with Gasteiger partial charge in [-0.1, -0.05) is 0 Å². The normalized spacial score (nSPS) is 14.3. The standard InChI is InChI=1S/C24H30N2O8S/c1-5-34-24(28)18-6-8-19(9-7-18)35(29,30)26-12-10-25(11-13-26)22(27)16-17-14-20(31-2)23(33-4)21(15-17)32-3/h6-9,14-15H,5,10-13,16H2,1-4H3. The van der Waals surface area contributed by atoms with Gasteiger partial charge < -0.3 is 23.8 Å². The highest BCUT2D eigenvalue weighted by molar-refractivity contribution is 7.89. The van der Waals surface area contributed by atoms with Crippen LogP contribution >= 0.6 is 0 Å². The van der Waals surface area contributed by atoms with Gasteiger partial charge in [0.25, 0.3) is 0 Å². The molecule has 35 heavy (non-hydrogen) atoms. The molecule has 1 aliphatic heterocycles. The van der Waals surface area contributed by atoms with Crippen molar-refractivity contribution in [2.75, 3.05) is 54.1 Å². The quantitative estimate of drug-likeness (QED) is 0.475. The Kier molecular flexibility index (Phi) is 8.57. The molecule has 3 rings (SSSR count). The van der Waals surface area contributed by atoms with Gasteiger partial charge in [-0.2, -0.15) is 4.31 Å². The second-order valence-electron chi connectivity index (χ2n) is 7.74. The largest absolute Gasteiger partial charge is 0.493 e. The molecule has 0 spiro atoms. The Morgan fingerprint density at radius 3 is 1.94 bits per heavy atom. The molecule has 0 aromatic heterocycles. The number of ether oxygens (including phenoxy) is 4. The second kappa shape index (κ2) is 11.4. The van der Waals surface area contributed by atoms with Crippen LogP contribution in [0.5, 0.6) is 17.2 Å². The molecule has 1 fully saturated rings. The van der Waals surface area contributed by atoms with Crippen molar-refractivity contribution in [3.63, 3.8) is 0 Å². The van der Waals surface area contributed by atoms with Crippen LogP contribution in [0.15, 0.2) is 41.3 Å². The number of esters is 1. The summed E-state index contributed by atoms with van der Waals surface area (Å²) in [5, 5.41) is 0. The van der Waals surface area contributed by atoms with Crippen molar-refractivity contribution in [1.29, 1.82) is 0 Å². The highest BCUT2D eigenvalue weighted by atomic mass is 32.2. The fraction of sp³-hybridized carbons (Fsp3) is 0.417. The number of carbonyl (C=O) groups is 2. The van der Waals surface area contributed by atoms with Crippen LogP contribution < -0.4 is 14.2 Å². The first kappa shape index (κ1) is 26.3. The fourth-order valence-corrected chi connectivity index (χ4v) is 5.25. The van der Waals surface area contributed by atoms with Crippen molar-refractivity contribution >= 4 is 21.9 Å². The molecule has 1 amide bonds. The number of amides is 1. The first-order valence-corrected chi connectivity index (χ1v) is 12.5. The van der Waals surface area contributed by atoms with E-state index in [4.69, 9.17) is 18.9 Å². The van der Waals surface area contributed by atoms with Gasteiger partial charge in [0.2, 0.25) is 21.7 Å². The van der Waals surface area contributed by atoms with Crippen molar-refractivity contribution < 1.29 is 37.0 Å². The van der Waals surface area contributed by atoms with E-state index in [0.29, 0.717) is 22.8 Å². The molecule has 0 saturated carbocycles. The van der Waals surface area contributed by atoms with E-state index >= 15 is 0 Å².